The van der Waals surface area contributed by atoms with Crippen molar-refractivity contribution in [2.75, 3.05) is 5.84 Å². The summed E-state index contributed by atoms with van der Waals surface area (Å²) in [6.07, 6.45) is 2.97. The normalized spacial score (nSPS) is 11.4. The first-order valence-electron chi connectivity index (χ1n) is 9.91. The van der Waals surface area contributed by atoms with Crippen molar-refractivity contribution in [3.63, 3.8) is 0 Å². The Morgan fingerprint density at radius 3 is 2.70 bits per heavy atom. The summed E-state index contributed by atoms with van der Waals surface area (Å²) in [5, 5.41) is 13.9. The number of hydrogen-bond donors (Lipinski definition) is 3. The topological polar surface area (TPSA) is 123 Å². The lowest BCUT2D eigenvalue weighted by atomic mass is 10.0. The number of aromatic nitrogens is 3. The number of thiophene rings is 1. The van der Waals surface area contributed by atoms with Crippen molar-refractivity contribution >= 4 is 49.9 Å². The molecule has 5 aromatic rings. The number of hydrogen-bond acceptors (Lipinski definition) is 5. The van der Waals surface area contributed by atoms with E-state index in [0.717, 1.165) is 31.2 Å². The third-order valence-corrected chi connectivity index (χ3v) is 6.79. The number of fused-ring (bicyclic) bond motifs is 2. The van der Waals surface area contributed by atoms with Gasteiger partial charge in [0.05, 0.1) is 12.0 Å². The van der Waals surface area contributed by atoms with E-state index in [-0.39, 0.29) is 12.0 Å². The van der Waals surface area contributed by atoms with Crippen LogP contribution < -0.4 is 17.1 Å². The van der Waals surface area contributed by atoms with E-state index in [1.807, 2.05) is 29.0 Å². The van der Waals surface area contributed by atoms with Gasteiger partial charge < -0.3 is 15.5 Å². The summed E-state index contributed by atoms with van der Waals surface area (Å²) in [5.74, 6) is 4.70. The first-order chi connectivity index (χ1) is 15.8. The number of nitrogens with zero attached hydrogens (tertiary/aromatic N) is 2. The van der Waals surface area contributed by atoms with Gasteiger partial charge in [-0.15, -0.1) is 11.3 Å². The van der Waals surface area contributed by atoms with Gasteiger partial charge in [-0.25, -0.2) is 9.47 Å². The molecule has 166 valence electrons. The van der Waals surface area contributed by atoms with E-state index >= 15 is 0 Å². The molecular formula is C23H17ClN4O4S. The molecule has 0 spiro atoms. The Labute approximate surface area is 195 Å². The number of carboxylic acids is 1. The molecular weight excluding hydrogens is 464 g/mol. The molecule has 0 amide bonds. The van der Waals surface area contributed by atoms with Gasteiger partial charge in [-0.05, 0) is 51.7 Å². The summed E-state index contributed by atoms with van der Waals surface area (Å²) in [5.41, 5.74) is 2.01. The third-order valence-electron chi connectivity index (χ3n) is 5.54. The monoisotopic (exact) mass is 480 g/mol. The fraction of sp³-hybridized carbons (Fsp3) is 0.0870. The number of nitrogens with two attached hydrogens (primary N) is 1. The number of aliphatic carboxylic acids is 1. The van der Waals surface area contributed by atoms with Gasteiger partial charge in [-0.1, -0.05) is 23.7 Å². The van der Waals surface area contributed by atoms with E-state index in [9.17, 15) is 19.5 Å². The van der Waals surface area contributed by atoms with E-state index in [2.05, 4.69) is 10.4 Å². The van der Waals surface area contributed by atoms with Crippen LogP contribution in [0.25, 0.3) is 32.1 Å². The number of aromatic amines is 1. The van der Waals surface area contributed by atoms with Crippen LogP contribution in [0.4, 0.5) is 0 Å². The van der Waals surface area contributed by atoms with Crippen molar-refractivity contribution in [3.8, 4) is 11.1 Å². The fourth-order valence-corrected chi connectivity index (χ4v) is 5.13. The highest BCUT2D eigenvalue weighted by Gasteiger charge is 2.16. The first-order valence-corrected chi connectivity index (χ1v) is 11.2. The van der Waals surface area contributed by atoms with Gasteiger partial charge >= 0.3 is 11.7 Å². The van der Waals surface area contributed by atoms with Gasteiger partial charge in [0.15, 0.2) is 0 Å². The number of benzene rings is 2. The zero-order valence-corrected chi connectivity index (χ0v) is 18.6. The molecule has 0 aliphatic carbocycles. The minimum Gasteiger partial charge on any atom is -0.481 e. The predicted octanol–water partition coefficient (Wildman–Crippen LogP) is 3.42. The lowest BCUT2D eigenvalue weighted by Crippen LogP contribution is -2.34. The SMILES string of the molecule is Nn1cc(-c2ccc3c(CC(=O)O)cn(Cc4csc5ccc(Cl)cc45)c3c2)c(=O)[nH]c1=O. The van der Waals surface area contributed by atoms with Crippen LogP contribution in [0.5, 0.6) is 0 Å². The molecule has 0 aliphatic rings. The van der Waals surface area contributed by atoms with Gasteiger partial charge in [0, 0.05) is 39.6 Å². The maximum atomic E-state index is 12.4. The van der Waals surface area contributed by atoms with Crippen LogP contribution in [-0.4, -0.2) is 25.3 Å². The quantitative estimate of drug-likeness (QED) is 0.332. The molecule has 5 rings (SSSR count). The van der Waals surface area contributed by atoms with Gasteiger partial charge in [0.2, 0.25) is 0 Å². The summed E-state index contributed by atoms with van der Waals surface area (Å²) in [6.45, 7) is 0.493. The van der Waals surface area contributed by atoms with Crippen molar-refractivity contribution in [1.82, 2.24) is 14.2 Å². The largest absolute Gasteiger partial charge is 0.481 e. The number of rotatable bonds is 5. The van der Waals surface area contributed by atoms with Crippen LogP contribution in [0.2, 0.25) is 5.02 Å². The number of H-pyrrole nitrogens is 1. The van der Waals surface area contributed by atoms with Gasteiger partial charge in [0.1, 0.15) is 0 Å². The number of nitrogen functional groups attached to an aromatic ring is 1. The van der Waals surface area contributed by atoms with Crippen molar-refractivity contribution in [2.45, 2.75) is 13.0 Å². The Bertz CT molecular complexity index is 1680. The van der Waals surface area contributed by atoms with E-state index in [1.54, 1.807) is 29.5 Å². The zero-order chi connectivity index (χ0) is 23.3. The average molecular weight is 481 g/mol. The highest BCUT2D eigenvalue weighted by atomic mass is 35.5. The van der Waals surface area contributed by atoms with Crippen molar-refractivity contribution < 1.29 is 9.90 Å². The average Bonchev–Trinajstić information content (AvgIpc) is 3.31. The molecule has 0 saturated carbocycles. The van der Waals surface area contributed by atoms with Crippen LogP contribution in [-0.2, 0) is 17.8 Å². The molecule has 0 atom stereocenters. The van der Waals surface area contributed by atoms with Crippen LogP contribution >= 0.6 is 22.9 Å². The standard InChI is InChI=1S/C23H17ClN4O4S/c24-15-2-4-20-17(7-15)14(11-33-20)9-27-8-13(6-21(29)30)16-3-1-12(5-19(16)27)18-10-28(25)23(32)26-22(18)31/h1-5,7-8,10-11H,6,9,25H2,(H,29,30)(H,26,31,32). The second-order valence-corrected chi connectivity index (χ2v) is 9.04. The molecule has 0 fully saturated rings. The minimum absolute atomic E-state index is 0.132. The second-order valence-electron chi connectivity index (χ2n) is 7.70. The Kier molecular flexibility index (Phi) is 5.07. The molecule has 0 aliphatic heterocycles. The second kappa shape index (κ2) is 7.95. The summed E-state index contributed by atoms with van der Waals surface area (Å²) in [7, 11) is 0. The Morgan fingerprint density at radius 1 is 1.09 bits per heavy atom. The molecule has 8 nitrogen and oxygen atoms in total. The zero-order valence-electron chi connectivity index (χ0n) is 17.0. The molecule has 3 aromatic heterocycles. The molecule has 0 bridgehead atoms. The van der Waals surface area contributed by atoms with Gasteiger partial charge in [-0.3, -0.25) is 14.6 Å². The van der Waals surface area contributed by atoms with E-state index in [1.165, 1.54) is 6.20 Å². The fourth-order valence-electron chi connectivity index (χ4n) is 4.02. The number of nitrogens with one attached hydrogen (secondary N) is 1. The highest BCUT2D eigenvalue weighted by molar-refractivity contribution is 7.17. The Hall–Kier alpha value is -3.82. The van der Waals surface area contributed by atoms with Gasteiger partial charge in [-0.2, -0.15) is 0 Å². The first kappa shape index (κ1) is 21.0. The smallest absolute Gasteiger partial charge is 0.346 e. The molecule has 0 radical (unpaired) electrons. The molecule has 0 unspecified atom stereocenters. The summed E-state index contributed by atoms with van der Waals surface area (Å²) >= 11 is 7.81. The minimum atomic E-state index is -0.933. The van der Waals surface area contributed by atoms with Crippen molar-refractivity contribution in [3.05, 3.63) is 91.2 Å². The van der Waals surface area contributed by atoms with Crippen molar-refractivity contribution in [2.24, 2.45) is 0 Å². The van der Waals surface area contributed by atoms with Crippen LogP contribution in [0.15, 0.2) is 63.8 Å². The Morgan fingerprint density at radius 2 is 1.91 bits per heavy atom. The number of halogens is 1. The maximum Gasteiger partial charge on any atom is 0.346 e. The van der Waals surface area contributed by atoms with Crippen molar-refractivity contribution in [1.29, 1.82) is 0 Å². The number of carboxylic acid groups (broad SMARTS) is 1. The van der Waals surface area contributed by atoms with Crippen LogP contribution in [0.1, 0.15) is 11.1 Å². The molecule has 4 N–H and O–H groups in total. The summed E-state index contributed by atoms with van der Waals surface area (Å²) < 4.78 is 3.89. The van der Waals surface area contributed by atoms with E-state index in [0.29, 0.717) is 22.7 Å². The van der Waals surface area contributed by atoms with Crippen LogP contribution in [0, 0.1) is 0 Å². The summed E-state index contributed by atoms with van der Waals surface area (Å²) in [6, 6.07) is 11.0. The Balaban J connectivity index is 1.68. The van der Waals surface area contributed by atoms with Crippen LogP contribution in [0.3, 0.4) is 0 Å². The molecule has 0 saturated heterocycles. The third kappa shape index (κ3) is 3.81. The van der Waals surface area contributed by atoms with E-state index in [4.69, 9.17) is 17.4 Å². The summed E-state index contributed by atoms with van der Waals surface area (Å²) in [4.78, 5) is 37.6. The lowest BCUT2D eigenvalue weighted by Gasteiger charge is -2.08. The molecule has 33 heavy (non-hydrogen) atoms. The molecule has 2 aromatic carbocycles. The van der Waals surface area contributed by atoms with Gasteiger partial charge in [0.25, 0.3) is 5.56 Å². The molecule has 3 heterocycles. The van der Waals surface area contributed by atoms with E-state index < -0.39 is 17.2 Å². The predicted molar refractivity (Wildman–Crippen MR) is 130 cm³/mol. The molecule has 10 heteroatoms. The lowest BCUT2D eigenvalue weighted by molar-refractivity contribution is -0.136. The highest BCUT2D eigenvalue weighted by Crippen LogP contribution is 2.32. The maximum absolute atomic E-state index is 12.4. The number of carbonyl (C=O) groups is 1.